The van der Waals surface area contributed by atoms with Crippen molar-refractivity contribution in [2.75, 3.05) is 43.2 Å². The molecule has 1 amide bonds. The average Bonchev–Trinajstić information content (AvgIpc) is 1.56. The van der Waals surface area contributed by atoms with Crippen LogP contribution in [-0.2, 0) is 33.0 Å². The van der Waals surface area contributed by atoms with Crippen LogP contribution in [0.1, 0.15) is 45.1 Å². The second-order valence-corrected chi connectivity index (χ2v) is 40.0. The number of amides is 1. The van der Waals surface area contributed by atoms with Crippen LogP contribution >= 0.6 is 207 Å². The maximum absolute atomic E-state index is 11.8. The number of nitrogen functional groups attached to an aromatic ring is 1. The molecule has 45 heteroatoms. The second-order valence-electron chi connectivity index (χ2n) is 27.4. The van der Waals surface area contributed by atoms with Gasteiger partial charge in [-0.3, -0.25) is 29.1 Å². The molecule has 0 aliphatic carbocycles. The number of alkyl halides is 7. The quantitative estimate of drug-likeness (QED) is 0.0214. The largest absolute Gasteiger partial charge is 1.00 e. The van der Waals surface area contributed by atoms with Crippen LogP contribution in [0.25, 0.3) is 68.0 Å². The Balaban J connectivity index is -0.000000246. The zero-order chi connectivity index (χ0) is 95.3. The molecule has 9 aromatic carbocycles. The van der Waals surface area contributed by atoms with Crippen molar-refractivity contribution in [3.8, 4) is 45.8 Å². The number of anilines is 2. The zero-order valence-corrected chi connectivity index (χ0v) is 136. The van der Waals surface area contributed by atoms with Gasteiger partial charge in [0.15, 0.2) is 29.1 Å². The van der Waals surface area contributed by atoms with Crippen molar-refractivity contribution in [3.63, 3.8) is 0 Å². The predicted octanol–water partition coefficient (Wildman–Crippen LogP) is 4.05. The van der Waals surface area contributed by atoms with Crippen LogP contribution in [0.5, 0.6) is 0 Å². The number of hydrogen-bond donors (Lipinski definition) is 6. The number of pyridine rings is 4. The van der Waals surface area contributed by atoms with Crippen molar-refractivity contribution in [1.29, 1.82) is 0 Å². The maximum Gasteiger partial charge on any atom is 1.00 e. The molecule has 0 saturated heterocycles. The van der Waals surface area contributed by atoms with Crippen molar-refractivity contribution in [2.24, 2.45) is 7.05 Å². The van der Waals surface area contributed by atoms with Gasteiger partial charge in [0.1, 0.15) is 29.8 Å². The molecule has 0 atom stereocenters. The van der Waals surface area contributed by atoms with Crippen LogP contribution in [0.2, 0.25) is 0 Å². The summed E-state index contributed by atoms with van der Waals surface area (Å²) in [5, 5.41) is 16.6. The number of nitrogens with one attached hydrogen (secondary N) is 4. The van der Waals surface area contributed by atoms with Crippen molar-refractivity contribution in [3.05, 3.63) is 436 Å². The van der Waals surface area contributed by atoms with Crippen LogP contribution in [0.3, 0.4) is 0 Å². The summed E-state index contributed by atoms with van der Waals surface area (Å²) in [7, 11) is 4.63. The van der Waals surface area contributed by atoms with Crippen LogP contribution in [0.15, 0.2) is 365 Å². The minimum Gasteiger partial charge on any atom is -1.00 e. The Hall–Kier alpha value is 4.06. The number of nitrogens with two attached hydrogens (primary N) is 1. The van der Waals surface area contributed by atoms with Crippen molar-refractivity contribution in [1.82, 2.24) is 45.1 Å². The number of halogens is 15. The van der Waals surface area contributed by atoms with Gasteiger partial charge in [-0.25, -0.2) is 24.5 Å². The Labute approximate surface area is 1300 Å². The summed E-state index contributed by atoms with van der Waals surface area (Å²) >= 11 is 58.4. The van der Waals surface area contributed by atoms with Gasteiger partial charge in [0, 0.05) is 170 Å². The first kappa shape index (κ1) is 164. The van der Waals surface area contributed by atoms with Gasteiger partial charge in [-0.05, 0) is 193 Å². The van der Waals surface area contributed by atoms with Crippen LogP contribution in [0.4, 0.5) is 11.4 Å². The molecule has 0 spiro atoms. The number of carbonyl (C=O) groups is 2. The molecule has 8 aromatic heterocycles. The van der Waals surface area contributed by atoms with Gasteiger partial charge >= 0.3 is 379 Å². The number of likely N-dealkylation sites (N-methyl/N-ethyl adjacent to an activating group) is 1. The van der Waals surface area contributed by atoms with Crippen molar-refractivity contribution in [2.45, 2.75) is 33.5 Å². The topological polar surface area (TPSA) is 294 Å². The second kappa shape index (κ2) is 88.5. The van der Waals surface area contributed by atoms with E-state index in [-0.39, 0.29) is 485 Å². The molecular formula is C102H101BBr6Cl7I2N12NaO9PRb6. The number of benzene rings is 9. The fraction of sp³-hybridized carbons (Fsp3) is 0.118. The van der Waals surface area contributed by atoms with E-state index < -0.39 is 20.7 Å². The number of hydrogen-bond acceptors (Lipinski definition) is 17. The van der Waals surface area contributed by atoms with Gasteiger partial charge in [0.25, 0.3) is 11.1 Å². The van der Waals surface area contributed by atoms with E-state index in [1.54, 1.807) is 67.1 Å². The fourth-order valence-electron chi connectivity index (χ4n) is 11.6. The van der Waals surface area contributed by atoms with Crippen molar-refractivity contribution < 1.29 is 441 Å². The van der Waals surface area contributed by atoms with E-state index in [1.807, 2.05) is 138 Å². The molecule has 0 fully saturated rings. The molecular weight excluding hydrogens is 3100 g/mol. The zero-order valence-electron chi connectivity index (χ0n) is 85.3. The standard InChI is InChI=1S/C18H15P.C13H13BrN2O.C13H10BrN2O.C12H9BrN2O2.C12H11BrN2O.C12H7BrN2O.C7H4BrClO.C5H6N2O.C2Cl6.CH3I.CH4O.6CH3.B.HI.Na.6Rb.H/c1-4-10-16(11-5-1)19(17-12-6-2-7-13-17)18-14-8-3-9-15-18;2*1-16-7-6-12-11(8-16)15-13(17-12)9-2-4-10(14)5-3-9;13-9-3-1-8(2-4-9)12(17)15-10-7-14-6-5-11(10)16;2*13-9-3-1-8(2-4-9)12-15-10-7-14-6-5-11(10)16-12;8-6-3-1-5(2-4-6)7(9)10;6-4-3-7-2-1-5(4)8;3-1(4,5)2(6,7)8;2*1-2;;;;;;;;;;;;;;;;/h1-15H;2-5H,6-8H2,1H3;2-8H,1H3;1-7H,(H,14,16)(H,15,17);1-4,14H,5-7H2;1-7H;1-4H;1-3H,6H2,(H,7,8);;1H3;2H,1H3;6*1H3;;1H;;;;;;;;/q;;+1;;;;;;;;;6*-1;;;7*+1;-1/p-1. The van der Waals surface area contributed by atoms with E-state index in [4.69, 9.17) is 110 Å². The first-order chi connectivity index (χ1) is 63.5. The number of carbonyl (C=O) groups excluding carboxylic acids is 2. The summed E-state index contributed by atoms with van der Waals surface area (Å²) in [4.78, 5) is 75.8. The predicted molar refractivity (Wildman–Crippen MR) is 612 cm³/mol. The summed E-state index contributed by atoms with van der Waals surface area (Å²) in [5.74, 6) is 4.49. The monoisotopic (exact) mass is 3180 g/mol. The summed E-state index contributed by atoms with van der Waals surface area (Å²) in [6, 6.07) is 84.4. The van der Waals surface area contributed by atoms with E-state index in [9.17, 15) is 19.2 Å². The smallest absolute Gasteiger partial charge is 1.00 e. The number of aliphatic hydroxyl groups is 1. The first-order valence-corrected chi connectivity index (χ1v) is 50.3. The Morgan fingerprint density at radius 1 is 0.490 bits per heavy atom. The van der Waals surface area contributed by atoms with Gasteiger partial charge in [-0.2, -0.15) is 0 Å². The number of aromatic nitrogens is 8. The maximum atomic E-state index is 11.8. The molecule has 743 valence electrons. The first-order valence-electron chi connectivity index (χ1n) is 39.4. The van der Waals surface area contributed by atoms with Crippen LogP contribution in [0, 0.1) is 44.6 Å². The van der Waals surface area contributed by atoms with Gasteiger partial charge in [0.2, 0.25) is 42.0 Å². The minimum atomic E-state index is -1.85. The molecule has 21 nitrogen and oxygen atoms in total. The Morgan fingerprint density at radius 2 is 0.844 bits per heavy atom. The van der Waals surface area contributed by atoms with Gasteiger partial charge in [-0.1, -0.05) is 279 Å². The molecule has 0 unspecified atom stereocenters. The molecule has 2 aliphatic heterocycles. The third-order valence-electron chi connectivity index (χ3n) is 18.0. The Bertz CT molecular complexity index is 6470. The molecule has 0 saturated carbocycles. The summed E-state index contributed by atoms with van der Waals surface area (Å²) in [6.07, 6.45) is 15.1. The number of rotatable bonds is 10. The molecule has 3 radical (unpaired) electrons. The minimum absolute atomic E-state index is 0. The number of fused-ring (bicyclic) bond motifs is 4. The number of aryl methyl sites for hydroxylation is 1. The van der Waals surface area contributed by atoms with E-state index in [1.165, 1.54) is 46.6 Å². The number of H-pyrrole nitrogens is 2. The van der Waals surface area contributed by atoms with Gasteiger partial charge in [-0.15, -0.1) is 0 Å². The number of aromatic amines is 2. The third-order valence-corrected chi connectivity index (χ3v) is 26.4. The number of aliphatic hydroxyl groups excluding tert-OH is 1. The summed E-state index contributed by atoms with van der Waals surface area (Å²) in [5.41, 5.74) is 15.7. The molecule has 2 aliphatic rings. The molecule has 19 rings (SSSR count). The Kier molecular flexibility index (Phi) is 98.7. The third kappa shape index (κ3) is 57.6. The van der Waals surface area contributed by atoms with Crippen LogP contribution in [-0.4, -0.2) is 104 Å². The van der Waals surface area contributed by atoms with Crippen molar-refractivity contribution >= 4 is 276 Å². The molecule has 10 heterocycles. The molecule has 17 aromatic rings. The number of nitrogens with zero attached hydrogens (tertiary/aromatic N) is 7. The van der Waals surface area contributed by atoms with E-state index >= 15 is 0 Å². The SMILES string of the molecule is Brc1ccc(-c2nc3c(o2)CCNC3)cc1.Brc1ccc(-c2nc3cnccc3o2)cc1.CI.CN1CCc2oc(-c3ccc(Br)cc3)nc2C1.CO.C[n+]1ccc2oc(-c3ccc(Br)cc3)nc2c1.ClC(Cl)(Cl)C(Cl)(Cl)Cl.Nc1c[nH]ccc1=O.O=C(Cl)c1ccc(Br)cc1.O=C(Nc1c[nH]ccc1=O)c1ccc(Br)cc1.[B].[CH3-].[CH3-].[CH3-].[CH3-].[CH3-].[CH3-].[H-].[I-].[Na+].[Rb+].[Rb+].[Rb+].[Rb+].[Rb+].[Rb+].c1ccc(P(c2ccccc2)c2ccccc2)cc1. The summed E-state index contributed by atoms with van der Waals surface area (Å²) < 4.78 is 27.2. The van der Waals surface area contributed by atoms with Gasteiger partial charge < -0.3 is 119 Å². The number of oxazole rings is 4. The fourth-order valence-corrected chi connectivity index (χ4v) is 15.6. The Morgan fingerprint density at radius 3 is 1.20 bits per heavy atom. The van der Waals surface area contributed by atoms with Crippen LogP contribution < -0.4 is 450 Å². The molecule has 147 heavy (non-hydrogen) atoms. The normalized spacial score (nSPS) is 10.4. The van der Waals surface area contributed by atoms with E-state index in [0.717, 1.165) is 152 Å². The molecule has 0 bridgehead atoms. The summed E-state index contributed by atoms with van der Waals surface area (Å²) in [6.45, 7) is 3.72. The van der Waals surface area contributed by atoms with E-state index in [0.29, 0.717) is 22.9 Å². The molecule has 7 N–H and O–H groups in total. The van der Waals surface area contributed by atoms with Gasteiger partial charge in [0.05, 0.1) is 23.3 Å². The average molecular weight is 3200 g/mol. The van der Waals surface area contributed by atoms with E-state index in [2.05, 4.69) is 267 Å².